The van der Waals surface area contributed by atoms with E-state index in [0.717, 1.165) is 35.9 Å². The first kappa shape index (κ1) is 17.2. The van der Waals surface area contributed by atoms with Crippen molar-refractivity contribution in [3.63, 3.8) is 0 Å². The Kier molecular flexibility index (Phi) is 5.97. The van der Waals surface area contributed by atoms with E-state index < -0.39 is 0 Å². The number of hydrogen-bond donors (Lipinski definition) is 2. The van der Waals surface area contributed by atoms with Gasteiger partial charge in [0, 0.05) is 30.7 Å². The molecule has 2 aliphatic heterocycles. The highest BCUT2D eigenvalue weighted by Gasteiger charge is 2.35. The number of likely N-dealkylation sites (tertiary alicyclic amines) is 1. The Morgan fingerprint density at radius 1 is 1.35 bits per heavy atom. The fourth-order valence-corrected chi connectivity index (χ4v) is 4.53. The van der Waals surface area contributed by atoms with Gasteiger partial charge in [-0.3, -0.25) is 15.8 Å². The molecule has 3 nitrogen and oxygen atoms in total. The van der Waals surface area contributed by atoms with Crippen molar-refractivity contribution in [2.24, 2.45) is 17.8 Å². The average molecular weight is 336 g/mol. The highest BCUT2D eigenvalue weighted by molar-refractivity contribution is 6.30. The van der Waals surface area contributed by atoms with E-state index >= 15 is 0 Å². The van der Waals surface area contributed by atoms with Gasteiger partial charge in [0.05, 0.1) is 0 Å². The van der Waals surface area contributed by atoms with Gasteiger partial charge in [-0.1, -0.05) is 37.6 Å². The number of rotatable bonds is 5. The van der Waals surface area contributed by atoms with Crippen LogP contribution in [0, 0.1) is 17.8 Å². The minimum atomic E-state index is 0.625. The largest absolute Gasteiger partial charge is 0.299 e. The number of nitrogens with one attached hydrogen (secondary N) is 2. The number of halogens is 1. The standard InChI is InChI=1S/C19H30ClN3/c1-14(2)9-17-11-21-22-19(17)16-6-4-8-23(13-16)12-15-5-3-7-18(20)10-15/h3,5,7,10,14,16-17,19,21-22H,4,6,8-9,11-13H2,1-2H3. The first-order chi connectivity index (χ1) is 11.1. The van der Waals surface area contributed by atoms with Crippen LogP contribution in [0.3, 0.4) is 0 Å². The normalized spacial score (nSPS) is 29.3. The third-order valence-corrected chi connectivity index (χ3v) is 5.50. The number of benzene rings is 1. The Morgan fingerprint density at radius 2 is 2.22 bits per heavy atom. The summed E-state index contributed by atoms with van der Waals surface area (Å²) in [5, 5.41) is 0.842. The summed E-state index contributed by atoms with van der Waals surface area (Å²) >= 11 is 6.13. The summed E-state index contributed by atoms with van der Waals surface area (Å²) in [4.78, 5) is 2.60. The van der Waals surface area contributed by atoms with E-state index in [4.69, 9.17) is 11.6 Å². The molecule has 1 aromatic carbocycles. The molecule has 4 heteroatoms. The molecule has 0 radical (unpaired) electrons. The number of nitrogens with zero attached hydrogens (tertiary/aromatic N) is 1. The van der Waals surface area contributed by atoms with Gasteiger partial charge in [-0.15, -0.1) is 0 Å². The van der Waals surface area contributed by atoms with Crippen LogP contribution in [0.2, 0.25) is 5.02 Å². The van der Waals surface area contributed by atoms with Crippen LogP contribution in [-0.2, 0) is 6.54 Å². The lowest BCUT2D eigenvalue weighted by atomic mass is 9.81. The molecule has 23 heavy (non-hydrogen) atoms. The molecule has 0 spiro atoms. The summed E-state index contributed by atoms with van der Waals surface area (Å²) in [7, 11) is 0. The van der Waals surface area contributed by atoms with E-state index in [1.807, 2.05) is 6.07 Å². The topological polar surface area (TPSA) is 27.3 Å². The summed E-state index contributed by atoms with van der Waals surface area (Å²) in [5.74, 6) is 2.29. The predicted octanol–water partition coefficient (Wildman–Crippen LogP) is 3.69. The molecule has 2 heterocycles. The van der Waals surface area contributed by atoms with E-state index in [0.29, 0.717) is 6.04 Å². The first-order valence-corrected chi connectivity index (χ1v) is 9.45. The van der Waals surface area contributed by atoms with Crippen molar-refractivity contribution in [1.29, 1.82) is 0 Å². The number of hydrazine groups is 1. The number of hydrogen-bond acceptors (Lipinski definition) is 3. The van der Waals surface area contributed by atoms with Crippen LogP contribution in [0.25, 0.3) is 0 Å². The molecule has 0 bridgehead atoms. The third kappa shape index (κ3) is 4.69. The molecule has 3 unspecified atom stereocenters. The Morgan fingerprint density at radius 3 is 3.00 bits per heavy atom. The lowest BCUT2D eigenvalue weighted by Crippen LogP contribution is -2.46. The van der Waals surface area contributed by atoms with E-state index in [9.17, 15) is 0 Å². The summed E-state index contributed by atoms with van der Waals surface area (Å²) in [5.41, 5.74) is 8.32. The van der Waals surface area contributed by atoms with Crippen LogP contribution in [0.4, 0.5) is 0 Å². The Balaban J connectivity index is 1.59. The molecule has 3 atom stereocenters. The summed E-state index contributed by atoms with van der Waals surface area (Å²) in [6.07, 6.45) is 3.97. The van der Waals surface area contributed by atoms with Crippen molar-refractivity contribution in [1.82, 2.24) is 15.8 Å². The average Bonchev–Trinajstić information content (AvgIpc) is 2.95. The van der Waals surface area contributed by atoms with Crippen LogP contribution < -0.4 is 10.9 Å². The molecule has 128 valence electrons. The Labute approximate surface area is 145 Å². The van der Waals surface area contributed by atoms with E-state index in [2.05, 4.69) is 47.8 Å². The van der Waals surface area contributed by atoms with Gasteiger partial charge in [-0.2, -0.15) is 0 Å². The van der Waals surface area contributed by atoms with Gasteiger partial charge in [0.15, 0.2) is 0 Å². The quantitative estimate of drug-likeness (QED) is 0.859. The fourth-order valence-electron chi connectivity index (χ4n) is 4.31. The highest BCUT2D eigenvalue weighted by Crippen LogP contribution is 2.29. The molecule has 0 aromatic heterocycles. The lowest BCUT2D eigenvalue weighted by Gasteiger charge is -2.37. The highest BCUT2D eigenvalue weighted by atomic mass is 35.5. The van der Waals surface area contributed by atoms with Gasteiger partial charge in [0.25, 0.3) is 0 Å². The molecule has 1 aromatic rings. The van der Waals surface area contributed by atoms with Gasteiger partial charge in [-0.25, -0.2) is 0 Å². The summed E-state index contributed by atoms with van der Waals surface area (Å²) in [6.45, 7) is 9.21. The lowest BCUT2D eigenvalue weighted by molar-refractivity contribution is 0.128. The van der Waals surface area contributed by atoms with Crippen LogP contribution in [0.1, 0.15) is 38.7 Å². The van der Waals surface area contributed by atoms with Gasteiger partial charge in [-0.05, 0) is 61.3 Å². The van der Waals surface area contributed by atoms with E-state index in [1.165, 1.54) is 37.9 Å². The molecule has 2 aliphatic rings. The predicted molar refractivity (Wildman–Crippen MR) is 97.3 cm³/mol. The van der Waals surface area contributed by atoms with Crippen LogP contribution in [0.15, 0.2) is 24.3 Å². The van der Waals surface area contributed by atoms with E-state index in [-0.39, 0.29) is 0 Å². The second-order valence-electron chi connectivity index (χ2n) is 7.71. The van der Waals surface area contributed by atoms with Gasteiger partial charge in [0.1, 0.15) is 0 Å². The molecule has 2 fully saturated rings. The fraction of sp³-hybridized carbons (Fsp3) is 0.684. The maximum Gasteiger partial charge on any atom is 0.0409 e. The van der Waals surface area contributed by atoms with Crippen LogP contribution in [0.5, 0.6) is 0 Å². The van der Waals surface area contributed by atoms with Crippen molar-refractivity contribution in [2.45, 2.75) is 45.7 Å². The SMILES string of the molecule is CC(C)CC1CNNC1C1CCCN(Cc2cccc(Cl)c2)C1. The van der Waals surface area contributed by atoms with Crippen LogP contribution in [-0.4, -0.2) is 30.6 Å². The molecule has 0 amide bonds. The zero-order valence-electron chi connectivity index (χ0n) is 14.4. The molecular formula is C19H30ClN3. The molecule has 0 aliphatic carbocycles. The van der Waals surface area contributed by atoms with Crippen molar-refractivity contribution < 1.29 is 0 Å². The molecule has 3 rings (SSSR count). The van der Waals surface area contributed by atoms with Crippen molar-refractivity contribution in [3.8, 4) is 0 Å². The second kappa shape index (κ2) is 7.98. The zero-order chi connectivity index (χ0) is 16.2. The van der Waals surface area contributed by atoms with Crippen LogP contribution >= 0.6 is 11.6 Å². The van der Waals surface area contributed by atoms with Crippen molar-refractivity contribution in [3.05, 3.63) is 34.9 Å². The second-order valence-corrected chi connectivity index (χ2v) is 8.14. The zero-order valence-corrected chi connectivity index (χ0v) is 15.1. The van der Waals surface area contributed by atoms with Crippen molar-refractivity contribution >= 4 is 11.6 Å². The minimum Gasteiger partial charge on any atom is -0.299 e. The molecular weight excluding hydrogens is 306 g/mol. The maximum atomic E-state index is 6.13. The minimum absolute atomic E-state index is 0.625. The Bertz CT molecular complexity index is 505. The van der Waals surface area contributed by atoms with Crippen molar-refractivity contribution in [2.75, 3.05) is 19.6 Å². The Hall–Kier alpha value is -0.610. The summed E-state index contributed by atoms with van der Waals surface area (Å²) < 4.78 is 0. The van der Waals surface area contributed by atoms with Gasteiger partial charge in [0.2, 0.25) is 0 Å². The van der Waals surface area contributed by atoms with Gasteiger partial charge < -0.3 is 0 Å². The first-order valence-electron chi connectivity index (χ1n) is 9.07. The monoisotopic (exact) mass is 335 g/mol. The van der Waals surface area contributed by atoms with E-state index in [1.54, 1.807) is 0 Å². The smallest absolute Gasteiger partial charge is 0.0409 e. The molecule has 0 saturated carbocycles. The number of piperidine rings is 1. The summed E-state index contributed by atoms with van der Waals surface area (Å²) in [6, 6.07) is 8.92. The maximum absolute atomic E-state index is 6.13. The third-order valence-electron chi connectivity index (χ3n) is 5.26. The molecule has 2 saturated heterocycles. The van der Waals surface area contributed by atoms with Gasteiger partial charge >= 0.3 is 0 Å². The molecule has 2 N–H and O–H groups in total.